The molecule has 0 bridgehead atoms. The van der Waals surface area contributed by atoms with Crippen molar-refractivity contribution in [2.45, 2.75) is 40.0 Å². The Morgan fingerprint density at radius 2 is 1.74 bits per heavy atom. The van der Waals surface area contributed by atoms with E-state index >= 15 is 0 Å². The van der Waals surface area contributed by atoms with E-state index in [4.69, 9.17) is 1.37 Å². The highest BCUT2D eigenvalue weighted by Gasteiger charge is 2.21. The summed E-state index contributed by atoms with van der Waals surface area (Å²) in [7, 11) is 2.02. The maximum atomic E-state index is 8.43. The van der Waals surface area contributed by atoms with Crippen LogP contribution in [-0.2, 0) is 19.9 Å². The van der Waals surface area contributed by atoms with Crippen LogP contribution in [0.5, 0.6) is 0 Å². The predicted octanol–water partition coefficient (Wildman–Crippen LogP) is 4.75. The number of rotatable bonds is 1. The summed E-state index contributed by atoms with van der Waals surface area (Å²) in [6, 6.07) is 11.2. The molecular formula is C22H24N+. The third-order valence-electron chi connectivity index (χ3n) is 5.34. The second-order valence-electron chi connectivity index (χ2n) is 7.00. The first-order valence-electron chi connectivity index (χ1n) is 8.99. The quantitative estimate of drug-likeness (QED) is 0.571. The highest BCUT2D eigenvalue weighted by molar-refractivity contribution is 5.95. The summed E-state index contributed by atoms with van der Waals surface area (Å²) in [5.74, 6) is 0. The van der Waals surface area contributed by atoms with Crippen LogP contribution in [0.4, 0.5) is 0 Å². The number of benzene rings is 2. The average Bonchev–Trinajstić information content (AvgIpc) is 2.98. The lowest BCUT2D eigenvalue weighted by Crippen LogP contribution is -2.31. The van der Waals surface area contributed by atoms with Crippen molar-refractivity contribution in [2.24, 2.45) is 7.05 Å². The third kappa shape index (κ3) is 2.26. The summed E-state index contributed by atoms with van der Waals surface area (Å²) in [5, 5.41) is 2.48. The van der Waals surface area contributed by atoms with Crippen LogP contribution in [0.3, 0.4) is 0 Å². The van der Waals surface area contributed by atoms with Crippen molar-refractivity contribution in [3.8, 4) is 11.3 Å². The van der Waals surface area contributed by atoms with Crippen molar-refractivity contribution < 1.29 is 5.94 Å². The van der Waals surface area contributed by atoms with Gasteiger partial charge in [-0.2, -0.15) is 0 Å². The molecule has 4 rings (SSSR count). The highest BCUT2D eigenvalue weighted by atomic mass is 14.9. The molecule has 1 aliphatic carbocycles. The molecule has 3 aromatic rings. The topological polar surface area (TPSA) is 3.88 Å². The summed E-state index contributed by atoms with van der Waals surface area (Å²) in [4.78, 5) is 0. The molecule has 23 heavy (non-hydrogen) atoms. The van der Waals surface area contributed by atoms with Crippen LogP contribution in [0.15, 0.2) is 36.5 Å². The second-order valence-corrected chi connectivity index (χ2v) is 7.00. The Balaban J connectivity index is 2.13. The molecule has 0 unspecified atom stereocenters. The summed E-state index contributed by atoms with van der Waals surface area (Å²) < 4.78 is 10.5. The van der Waals surface area contributed by atoms with Gasteiger partial charge in [0.1, 0.15) is 8.42 Å². The Bertz CT molecular complexity index is 985. The number of fused-ring (bicyclic) bond motifs is 2. The fourth-order valence-corrected chi connectivity index (χ4v) is 3.99. The summed E-state index contributed by atoms with van der Waals surface area (Å²) in [6.07, 6.45) is 4.18. The molecule has 0 fully saturated rings. The van der Waals surface area contributed by atoms with E-state index in [-0.39, 0.29) is 0 Å². The second kappa shape index (κ2) is 5.19. The van der Waals surface area contributed by atoms with Crippen LogP contribution in [0.25, 0.3) is 22.0 Å². The monoisotopic (exact) mass is 303 g/mol. The van der Waals surface area contributed by atoms with Crippen molar-refractivity contribution in [3.05, 3.63) is 64.3 Å². The van der Waals surface area contributed by atoms with Gasteiger partial charge in [0, 0.05) is 6.07 Å². The lowest BCUT2D eigenvalue weighted by molar-refractivity contribution is -0.659. The fraction of sp³-hybridized carbons (Fsp3) is 0.318. The van der Waals surface area contributed by atoms with Crippen molar-refractivity contribution >= 4 is 10.8 Å². The number of hydrogen-bond acceptors (Lipinski definition) is 0. The van der Waals surface area contributed by atoms with Gasteiger partial charge in [-0.25, -0.2) is 4.57 Å². The molecule has 0 atom stereocenters. The lowest BCUT2D eigenvalue weighted by atomic mass is 9.93. The van der Waals surface area contributed by atoms with E-state index in [1.807, 2.05) is 17.7 Å². The maximum absolute atomic E-state index is 8.43. The van der Waals surface area contributed by atoms with Crippen molar-refractivity contribution in [1.29, 1.82) is 0 Å². The Hall–Kier alpha value is -2.15. The van der Waals surface area contributed by atoms with Gasteiger partial charge in [0.2, 0.25) is 5.69 Å². The molecule has 0 amide bonds. The Labute approximate surface area is 140 Å². The Morgan fingerprint density at radius 3 is 2.52 bits per heavy atom. The van der Waals surface area contributed by atoms with E-state index in [2.05, 4.69) is 45.0 Å². The SMILES string of the molecule is [2H]c1cc2cc3c(cc2c(-c2cc(C)cc(C)c2C)[n+]1C)CCC3. The van der Waals surface area contributed by atoms with Gasteiger partial charge >= 0.3 is 0 Å². The van der Waals surface area contributed by atoms with Gasteiger partial charge in [-0.3, -0.25) is 0 Å². The maximum Gasteiger partial charge on any atom is 0.220 e. The number of nitrogens with zero attached hydrogens (tertiary/aromatic N) is 1. The van der Waals surface area contributed by atoms with Gasteiger partial charge in [-0.1, -0.05) is 17.7 Å². The van der Waals surface area contributed by atoms with Gasteiger partial charge in [0.05, 0.1) is 10.9 Å². The van der Waals surface area contributed by atoms with Gasteiger partial charge in [0.15, 0.2) is 6.17 Å². The largest absolute Gasteiger partial charge is 0.220 e. The van der Waals surface area contributed by atoms with Crippen molar-refractivity contribution in [2.75, 3.05) is 0 Å². The van der Waals surface area contributed by atoms with E-state index in [9.17, 15) is 0 Å². The molecule has 1 aliphatic rings. The van der Waals surface area contributed by atoms with Crippen LogP contribution in [0, 0.1) is 20.8 Å². The summed E-state index contributed by atoms with van der Waals surface area (Å²) >= 11 is 0. The molecule has 0 spiro atoms. The fourth-order valence-electron chi connectivity index (χ4n) is 3.99. The molecule has 0 saturated heterocycles. The first-order valence-corrected chi connectivity index (χ1v) is 8.49. The number of pyridine rings is 1. The zero-order valence-corrected chi connectivity index (χ0v) is 14.5. The molecule has 0 saturated carbocycles. The Kier molecular flexibility index (Phi) is 3.00. The van der Waals surface area contributed by atoms with Gasteiger partial charge in [0.25, 0.3) is 0 Å². The summed E-state index contributed by atoms with van der Waals surface area (Å²) in [5.41, 5.74) is 9.29. The molecule has 2 aromatic carbocycles. The smallest absolute Gasteiger partial charge is 0.200 e. The van der Waals surface area contributed by atoms with Crippen LogP contribution >= 0.6 is 0 Å². The van der Waals surface area contributed by atoms with Crippen LogP contribution < -0.4 is 4.57 Å². The molecule has 1 heterocycles. The van der Waals surface area contributed by atoms with Gasteiger partial charge in [-0.15, -0.1) is 0 Å². The summed E-state index contributed by atoms with van der Waals surface area (Å²) in [6.45, 7) is 6.52. The minimum absolute atomic E-state index is 0.564. The third-order valence-corrected chi connectivity index (χ3v) is 5.34. The van der Waals surface area contributed by atoms with E-state index in [0.717, 1.165) is 0 Å². The van der Waals surface area contributed by atoms with E-state index in [1.165, 1.54) is 69.1 Å². The first kappa shape index (κ1) is 13.3. The zero-order chi connectivity index (χ0) is 17.0. The first-order chi connectivity index (χ1) is 11.5. The number of aryl methyl sites for hydroxylation is 4. The molecular weight excluding hydrogens is 278 g/mol. The lowest BCUT2D eigenvalue weighted by Gasteiger charge is -2.12. The molecule has 1 aromatic heterocycles. The van der Waals surface area contributed by atoms with Gasteiger partial charge < -0.3 is 0 Å². The number of hydrogen-bond donors (Lipinski definition) is 0. The van der Waals surface area contributed by atoms with Gasteiger partial charge in [-0.05, 0) is 79.8 Å². The average molecular weight is 303 g/mol. The van der Waals surface area contributed by atoms with Crippen LogP contribution in [0.1, 0.15) is 35.6 Å². The minimum atomic E-state index is 0.564. The standard InChI is InChI=1S/C22H24N/c1-14-10-15(2)16(3)20(11-14)22-21-13-18-7-5-6-17(18)12-19(21)8-9-23(22)4/h8-13H,5-7H2,1-4H3/q+1/i9D. The van der Waals surface area contributed by atoms with E-state index < -0.39 is 0 Å². The predicted molar refractivity (Wildman–Crippen MR) is 96.8 cm³/mol. The normalized spacial score (nSPS) is 14.2. The van der Waals surface area contributed by atoms with E-state index in [0.29, 0.717) is 6.17 Å². The molecule has 1 nitrogen and oxygen atoms in total. The van der Waals surface area contributed by atoms with Crippen molar-refractivity contribution in [1.82, 2.24) is 0 Å². The van der Waals surface area contributed by atoms with Crippen molar-refractivity contribution in [3.63, 3.8) is 0 Å². The molecule has 116 valence electrons. The van der Waals surface area contributed by atoms with Crippen LogP contribution in [0.2, 0.25) is 0 Å². The molecule has 1 heteroatoms. The zero-order valence-electron chi connectivity index (χ0n) is 15.5. The molecule has 0 radical (unpaired) electrons. The number of aromatic nitrogens is 1. The van der Waals surface area contributed by atoms with E-state index in [1.54, 1.807) is 0 Å². The van der Waals surface area contributed by atoms with Crippen LogP contribution in [-0.4, -0.2) is 0 Å². The highest BCUT2D eigenvalue weighted by Crippen LogP contribution is 2.34. The molecule has 0 aliphatic heterocycles. The Morgan fingerprint density at radius 1 is 1.00 bits per heavy atom. The minimum Gasteiger partial charge on any atom is -0.200 e. The molecule has 0 N–H and O–H groups in total.